The standard InChI is InChI=1S/C14H23NO3/c1-2-3-9-17-12-14(16)10-15-18-11-13-7-5-4-6-8-13/h4-8,14-16H,2-3,9-12H2,1H3. The zero-order valence-corrected chi connectivity index (χ0v) is 11.0. The first kappa shape index (κ1) is 15.1. The van der Waals surface area contributed by atoms with Crippen molar-refractivity contribution in [3.8, 4) is 0 Å². The second-order valence-corrected chi connectivity index (χ2v) is 4.21. The smallest absolute Gasteiger partial charge is 0.0933 e. The summed E-state index contributed by atoms with van der Waals surface area (Å²) in [7, 11) is 0. The largest absolute Gasteiger partial charge is 0.389 e. The van der Waals surface area contributed by atoms with E-state index in [9.17, 15) is 5.11 Å². The molecule has 1 aromatic rings. The number of ether oxygens (including phenoxy) is 1. The molecule has 0 fully saturated rings. The lowest BCUT2D eigenvalue weighted by Gasteiger charge is -2.12. The normalized spacial score (nSPS) is 12.6. The number of benzene rings is 1. The number of aliphatic hydroxyl groups excluding tert-OH is 1. The number of hydroxylamine groups is 1. The van der Waals surface area contributed by atoms with Gasteiger partial charge in [0, 0.05) is 13.2 Å². The third-order valence-electron chi connectivity index (χ3n) is 2.46. The third-order valence-corrected chi connectivity index (χ3v) is 2.46. The molecule has 4 nitrogen and oxygen atoms in total. The summed E-state index contributed by atoms with van der Waals surface area (Å²) >= 11 is 0. The van der Waals surface area contributed by atoms with Gasteiger partial charge in [-0.25, -0.2) is 0 Å². The highest BCUT2D eigenvalue weighted by atomic mass is 16.6. The number of aliphatic hydroxyl groups is 1. The van der Waals surface area contributed by atoms with Crippen molar-refractivity contribution in [2.45, 2.75) is 32.5 Å². The second-order valence-electron chi connectivity index (χ2n) is 4.21. The van der Waals surface area contributed by atoms with Crippen molar-refractivity contribution < 1.29 is 14.7 Å². The fraction of sp³-hybridized carbons (Fsp3) is 0.571. The maximum Gasteiger partial charge on any atom is 0.0933 e. The monoisotopic (exact) mass is 253 g/mol. The molecule has 0 bridgehead atoms. The summed E-state index contributed by atoms with van der Waals surface area (Å²) in [6, 6.07) is 9.89. The Morgan fingerprint density at radius 3 is 2.78 bits per heavy atom. The Kier molecular flexibility index (Phi) is 8.42. The fourth-order valence-electron chi connectivity index (χ4n) is 1.39. The molecular weight excluding hydrogens is 230 g/mol. The first-order valence-electron chi connectivity index (χ1n) is 6.47. The summed E-state index contributed by atoms with van der Waals surface area (Å²) < 4.78 is 5.31. The highest BCUT2D eigenvalue weighted by molar-refractivity contribution is 5.13. The van der Waals surface area contributed by atoms with Crippen LogP contribution in [0.4, 0.5) is 0 Å². The first-order valence-corrected chi connectivity index (χ1v) is 6.47. The molecule has 0 radical (unpaired) electrons. The van der Waals surface area contributed by atoms with Gasteiger partial charge in [-0.2, -0.15) is 5.48 Å². The molecule has 0 aromatic heterocycles. The molecule has 0 aliphatic heterocycles. The minimum atomic E-state index is -0.530. The summed E-state index contributed by atoms with van der Waals surface area (Å²) in [5.41, 5.74) is 3.84. The molecule has 0 heterocycles. The van der Waals surface area contributed by atoms with E-state index in [4.69, 9.17) is 9.57 Å². The van der Waals surface area contributed by atoms with Crippen molar-refractivity contribution in [3.05, 3.63) is 35.9 Å². The number of rotatable bonds is 10. The minimum Gasteiger partial charge on any atom is -0.389 e. The van der Waals surface area contributed by atoms with E-state index in [1.165, 1.54) is 0 Å². The minimum absolute atomic E-state index is 0.349. The predicted molar refractivity (Wildman–Crippen MR) is 71.0 cm³/mol. The number of hydrogen-bond acceptors (Lipinski definition) is 4. The van der Waals surface area contributed by atoms with Crippen LogP contribution in [0.15, 0.2) is 30.3 Å². The average molecular weight is 253 g/mol. The second kappa shape index (κ2) is 10.0. The fourth-order valence-corrected chi connectivity index (χ4v) is 1.39. The van der Waals surface area contributed by atoms with Gasteiger partial charge in [-0.3, -0.25) is 4.84 Å². The van der Waals surface area contributed by atoms with E-state index < -0.39 is 6.10 Å². The summed E-state index contributed by atoms with van der Waals surface area (Å²) in [6.07, 6.45) is 1.61. The Hall–Kier alpha value is -0.940. The van der Waals surface area contributed by atoms with Gasteiger partial charge in [-0.05, 0) is 12.0 Å². The van der Waals surface area contributed by atoms with Crippen LogP contribution in [0.1, 0.15) is 25.3 Å². The Morgan fingerprint density at radius 2 is 2.06 bits per heavy atom. The van der Waals surface area contributed by atoms with Crippen LogP contribution in [0.25, 0.3) is 0 Å². The Labute approximate surface area is 109 Å². The third kappa shape index (κ3) is 7.40. The Bertz CT molecular complexity index is 292. The highest BCUT2D eigenvalue weighted by Gasteiger charge is 2.03. The van der Waals surface area contributed by atoms with Crippen LogP contribution in [-0.2, 0) is 16.2 Å². The molecule has 0 aliphatic carbocycles. The van der Waals surface area contributed by atoms with Gasteiger partial charge in [-0.1, -0.05) is 43.7 Å². The topological polar surface area (TPSA) is 50.7 Å². The Balaban J connectivity index is 1.97. The van der Waals surface area contributed by atoms with Gasteiger partial charge in [0.1, 0.15) is 0 Å². The number of unbranched alkanes of at least 4 members (excludes halogenated alkanes) is 1. The molecule has 2 N–H and O–H groups in total. The van der Waals surface area contributed by atoms with E-state index >= 15 is 0 Å². The lowest BCUT2D eigenvalue weighted by atomic mass is 10.2. The van der Waals surface area contributed by atoms with Crippen LogP contribution in [0.3, 0.4) is 0 Å². The molecule has 0 saturated heterocycles. The Morgan fingerprint density at radius 1 is 1.28 bits per heavy atom. The van der Waals surface area contributed by atoms with Crippen LogP contribution in [-0.4, -0.2) is 31.0 Å². The lowest BCUT2D eigenvalue weighted by Crippen LogP contribution is -2.30. The summed E-state index contributed by atoms with van der Waals surface area (Å²) in [6.45, 7) is 4.03. The molecule has 0 amide bonds. The number of nitrogens with one attached hydrogen (secondary N) is 1. The van der Waals surface area contributed by atoms with E-state index in [2.05, 4.69) is 12.4 Å². The van der Waals surface area contributed by atoms with Gasteiger partial charge in [0.15, 0.2) is 0 Å². The average Bonchev–Trinajstić information content (AvgIpc) is 2.41. The van der Waals surface area contributed by atoms with Crippen molar-refractivity contribution >= 4 is 0 Å². The molecule has 102 valence electrons. The van der Waals surface area contributed by atoms with Gasteiger partial charge in [0.25, 0.3) is 0 Å². The molecule has 4 heteroatoms. The molecule has 0 spiro atoms. The first-order chi connectivity index (χ1) is 8.83. The SMILES string of the molecule is CCCCOCC(O)CNOCc1ccccc1. The molecule has 18 heavy (non-hydrogen) atoms. The molecule has 1 atom stereocenters. The van der Waals surface area contributed by atoms with Gasteiger partial charge >= 0.3 is 0 Å². The van der Waals surface area contributed by atoms with Crippen LogP contribution < -0.4 is 5.48 Å². The van der Waals surface area contributed by atoms with Crippen molar-refractivity contribution in [1.29, 1.82) is 0 Å². The van der Waals surface area contributed by atoms with Gasteiger partial charge < -0.3 is 9.84 Å². The lowest BCUT2D eigenvalue weighted by molar-refractivity contribution is -0.0219. The molecule has 1 aromatic carbocycles. The van der Waals surface area contributed by atoms with Crippen LogP contribution in [0.5, 0.6) is 0 Å². The van der Waals surface area contributed by atoms with E-state index in [1.54, 1.807) is 0 Å². The van der Waals surface area contributed by atoms with Crippen LogP contribution in [0.2, 0.25) is 0 Å². The maximum absolute atomic E-state index is 9.58. The summed E-state index contributed by atoms with van der Waals surface area (Å²) in [5, 5.41) is 9.58. The molecular formula is C14H23NO3. The predicted octanol–water partition coefficient (Wildman–Crippen LogP) is 1.89. The molecule has 0 saturated carbocycles. The zero-order chi connectivity index (χ0) is 13.1. The van der Waals surface area contributed by atoms with Crippen molar-refractivity contribution in [2.75, 3.05) is 19.8 Å². The van der Waals surface area contributed by atoms with Gasteiger partial charge in [-0.15, -0.1) is 0 Å². The highest BCUT2D eigenvalue weighted by Crippen LogP contribution is 1.99. The van der Waals surface area contributed by atoms with Crippen molar-refractivity contribution in [3.63, 3.8) is 0 Å². The van der Waals surface area contributed by atoms with E-state index in [1.807, 2.05) is 30.3 Å². The van der Waals surface area contributed by atoms with Crippen molar-refractivity contribution in [1.82, 2.24) is 5.48 Å². The summed E-state index contributed by atoms with van der Waals surface area (Å²) in [5.74, 6) is 0. The summed E-state index contributed by atoms with van der Waals surface area (Å²) in [4.78, 5) is 5.25. The maximum atomic E-state index is 9.58. The van der Waals surface area contributed by atoms with Gasteiger partial charge in [0.05, 0.1) is 19.3 Å². The van der Waals surface area contributed by atoms with Gasteiger partial charge in [0.2, 0.25) is 0 Å². The van der Waals surface area contributed by atoms with E-state index in [0.29, 0.717) is 26.4 Å². The number of hydrogen-bond donors (Lipinski definition) is 2. The van der Waals surface area contributed by atoms with Crippen LogP contribution >= 0.6 is 0 Å². The molecule has 1 rings (SSSR count). The van der Waals surface area contributed by atoms with Crippen molar-refractivity contribution in [2.24, 2.45) is 0 Å². The molecule has 1 unspecified atom stereocenters. The van der Waals surface area contributed by atoms with E-state index in [0.717, 1.165) is 18.4 Å². The zero-order valence-electron chi connectivity index (χ0n) is 11.0. The van der Waals surface area contributed by atoms with E-state index in [-0.39, 0.29) is 0 Å². The molecule has 0 aliphatic rings. The van der Waals surface area contributed by atoms with Crippen LogP contribution in [0, 0.1) is 0 Å². The quantitative estimate of drug-likeness (QED) is 0.494.